The monoisotopic (exact) mass is 509 g/mol. The molecule has 1 aliphatic rings. The fourth-order valence-corrected chi connectivity index (χ4v) is 5.14. The minimum Gasteiger partial charge on any atom is -0.332 e. The Bertz CT molecular complexity index is 1040. The molecule has 1 aromatic carbocycles. The van der Waals surface area contributed by atoms with Gasteiger partial charge >= 0.3 is 0 Å². The van der Waals surface area contributed by atoms with E-state index in [1.165, 1.54) is 0 Å². The van der Waals surface area contributed by atoms with Crippen LogP contribution in [-0.4, -0.2) is 64.1 Å². The van der Waals surface area contributed by atoms with Gasteiger partial charge in [-0.05, 0) is 54.8 Å². The number of nitrogens with zero attached hydrogens (tertiary/aromatic N) is 5. The summed E-state index contributed by atoms with van der Waals surface area (Å²) < 4.78 is 1.72. The number of hydrogen-bond donors (Lipinski definition) is 0. The Morgan fingerprint density at radius 2 is 1.65 bits per heavy atom. The zero-order valence-electron chi connectivity index (χ0n) is 24.0. The molecule has 1 aromatic heterocycles. The molecule has 2 amide bonds. The zero-order valence-corrected chi connectivity index (χ0v) is 24.0. The Labute approximate surface area is 223 Å². The van der Waals surface area contributed by atoms with E-state index in [4.69, 9.17) is 0 Å². The summed E-state index contributed by atoms with van der Waals surface area (Å²) >= 11 is 0. The normalized spacial score (nSPS) is 15.8. The summed E-state index contributed by atoms with van der Waals surface area (Å²) in [6, 6.07) is 10.0. The van der Waals surface area contributed by atoms with Crippen molar-refractivity contribution < 1.29 is 9.59 Å². The van der Waals surface area contributed by atoms with Crippen molar-refractivity contribution in [3.63, 3.8) is 0 Å². The molecule has 0 aliphatic carbocycles. The lowest BCUT2D eigenvalue weighted by molar-refractivity contribution is -0.119. The first-order valence-electron chi connectivity index (χ1n) is 14.0. The summed E-state index contributed by atoms with van der Waals surface area (Å²) in [5.41, 5.74) is 3.50. The maximum atomic E-state index is 13.9. The number of amides is 2. The standard InChI is InChI=1S/C30H47N5O2/c1-22(2)17-26-19-28(32(7)31-26)30(37)34-16-15-33(20-24(5)6)13-10-14-35(29(36)18-23(3)4)27-12-9-8-11-25(27)21-34/h8-9,11-12,19,22-24H,10,13-18,20-21H2,1-7H3. The molecule has 7 nitrogen and oxygen atoms in total. The molecule has 0 saturated heterocycles. The van der Waals surface area contributed by atoms with Crippen molar-refractivity contribution in [3.8, 4) is 0 Å². The summed E-state index contributed by atoms with van der Waals surface area (Å²) in [6.45, 7) is 17.4. The van der Waals surface area contributed by atoms with Crippen LogP contribution in [0.25, 0.3) is 0 Å². The first-order valence-corrected chi connectivity index (χ1v) is 14.0. The summed E-state index contributed by atoms with van der Waals surface area (Å²) in [6.07, 6.45) is 2.26. The molecule has 37 heavy (non-hydrogen) atoms. The molecule has 0 atom stereocenters. The second kappa shape index (κ2) is 13.2. The number of aromatic nitrogens is 2. The topological polar surface area (TPSA) is 61.7 Å². The van der Waals surface area contributed by atoms with Crippen LogP contribution in [0.15, 0.2) is 30.3 Å². The number of fused-ring (bicyclic) bond motifs is 1. The predicted molar refractivity (Wildman–Crippen MR) is 151 cm³/mol. The zero-order chi connectivity index (χ0) is 27.1. The number of rotatable bonds is 7. The van der Waals surface area contributed by atoms with Crippen LogP contribution >= 0.6 is 0 Å². The molecular weight excluding hydrogens is 462 g/mol. The highest BCUT2D eigenvalue weighted by atomic mass is 16.2. The minimum absolute atomic E-state index is 0.0105. The van der Waals surface area contributed by atoms with E-state index in [1.54, 1.807) is 4.68 Å². The fraction of sp³-hybridized carbons (Fsp3) is 0.633. The maximum Gasteiger partial charge on any atom is 0.272 e. The number of hydrogen-bond acceptors (Lipinski definition) is 4. The number of para-hydroxylation sites is 1. The van der Waals surface area contributed by atoms with Crippen LogP contribution in [0.1, 0.15) is 76.1 Å². The van der Waals surface area contributed by atoms with Crippen molar-refractivity contribution in [2.24, 2.45) is 24.8 Å². The maximum absolute atomic E-state index is 13.9. The Morgan fingerprint density at radius 1 is 0.919 bits per heavy atom. The van der Waals surface area contributed by atoms with E-state index < -0.39 is 0 Å². The molecule has 1 aliphatic heterocycles. The van der Waals surface area contributed by atoms with Gasteiger partial charge in [0.25, 0.3) is 5.91 Å². The lowest BCUT2D eigenvalue weighted by atomic mass is 10.1. The van der Waals surface area contributed by atoms with E-state index in [0.717, 1.165) is 49.4 Å². The molecule has 0 saturated carbocycles. The van der Waals surface area contributed by atoms with Crippen LogP contribution in [-0.2, 0) is 24.8 Å². The van der Waals surface area contributed by atoms with Gasteiger partial charge in [0.1, 0.15) is 5.69 Å². The number of anilines is 1. The summed E-state index contributed by atoms with van der Waals surface area (Å²) in [7, 11) is 1.86. The van der Waals surface area contributed by atoms with Gasteiger partial charge in [0.05, 0.1) is 5.69 Å². The van der Waals surface area contributed by atoms with Crippen LogP contribution in [0.4, 0.5) is 5.69 Å². The first-order chi connectivity index (χ1) is 17.5. The SMILES string of the molecule is CC(C)CC(=O)N1CCCN(CC(C)C)CCN(C(=O)c2cc(CC(C)C)nn2C)Cc2ccccc21. The van der Waals surface area contributed by atoms with Crippen molar-refractivity contribution >= 4 is 17.5 Å². The second-order valence-electron chi connectivity index (χ2n) is 11.8. The van der Waals surface area contributed by atoms with Crippen molar-refractivity contribution in [2.75, 3.05) is 37.6 Å². The van der Waals surface area contributed by atoms with Crippen LogP contribution in [0.3, 0.4) is 0 Å². The average Bonchev–Trinajstić information content (AvgIpc) is 3.15. The number of carbonyl (C=O) groups is 2. The van der Waals surface area contributed by atoms with Gasteiger partial charge in [-0.1, -0.05) is 59.7 Å². The lowest BCUT2D eigenvalue weighted by Crippen LogP contribution is -2.40. The molecule has 0 N–H and O–H groups in total. The highest BCUT2D eigenvalue weighted by Gasteiger charge is 2.26. The molecule has 204 valence electrons. The molecule has 3 rings (SSSR count). The van der Waals surface area contributed by atoms with Crippen LogP contribution in [0.2, 0.25) is 0 Å². The van der Waals surface area contributed by atoms with Gasteiger partial charge in [0, 0.05) is 51.9 Å². The van der Waals surface area contributed by atoms with Gasteiger partial charge < -0.3 is 14.7 Å². The third kappa shape index (κ3) is 8.16. The van der Waals surface area contributed by atoms with E-state index in [1.807, 2.05) is 41.1 Å². The molecule has 0 bridgehead atoms. The number of carbonyl (C=O) groups excluding carboxylic acids is 2. The molecular formula is C30H47N5O2. The molecule has 0 fully saturated rings. The first kappa shape index (κ1) is 28.9. The molecule has 7 heteroatoms. The highest BCUT2D eigenvalue weighted by Crippen LogP contribution is 2.26. The highest BCUT2D eigenvalue weighted by molar-refractivity contribution is 5.95. The van der Waals surface area contributed by atoms with E-state index >= 15 is 0 Å². The van der Waals surface area contributed by atoms with Gasteiger partial charge in [-0.2, -0.15) is 5.10 Å². The third-order valence-electron chi connectivity index (χ3n) is 6.75. The number of benzene rings is 1. The van der Waals surface area contributed by atoms with Gasteiger partial charge in [-0.15, -0.1) is 0 Å². The third-order valence-corrected chi connectivity index (χ3v) is 6.75. The van der Waals surface area contributed by atoms with Crippen LogP contribution in [0.5, 0.6) is 0 Å². The molecule has 0 spiro atoms. The summed E-state index contributed by atoms with van der Waals surface area (Å²) in [5, 5.41) is 4.62. The second-order valence-corrected chi connectivity index (χ2v) is 11.8. The van der Waals surface area contributed by atoms with Crippen molar-refractivity contribution in [3.05, 3.63) is 47.3 Å². The van der Waals surface area contributed by atoms with Crippen molar-refractivity contribution in [2.45, 2.75) is 67.3 Å². The number of aryl methyl sites for hydroxylation is 1. The molecule has 0 radical (unpaired) electrons. The van der Waals surface area contributed by atoms with E-state index in [0.29, 0.717) is 49.5 Å². The minimum atomic E-state index is -0.0105. The Hall–Kier alpha value is -2.67. The largest absolute Gasteiger partial charge is 0.332 e. The van der Waals surface area contributed by atoms with Gasteiger partial charge in [-0.3, -0.25) is 14.3 Å². The van der Waals surface area contributed by atoms with Crippen LogP contribution in [0, 0.1) is 17.8 Å². The Morgan fingerprint density at radius 3 is 2.32 bits per heavy atom. The van der Waals surface area contributed by atoms with E-state index in [2.05, 4.69) is 57.6 Å². The summed E-state index contributed by atoms with van der Waals surface area (Å²) in [5.74, 6) is 1.43. The lowest BCUT2D eigenvalue weighted by Gasteiger charge is -2.29. The molecule has 0 unspecified atom stereocenters. The fourth-order valence-electron chi connectivity index (χ4n) is 5.14. The Balaban J connectivity index is 1.98. The van der Waals surface area contributed by atoms with Gasteiger partial charge in [0.15, 0.2) is 0 Å². The molecule has 2 heterocycles. The smallest absolute Gasteiger partial charge is 0.272 e. The van der Waals surface area contributed by atoms with E-state index in [9.17, 15) is 9.59 Å². The van der Waals surface area contributed by atoms with Crippen molar-refractivity contribution in [1.29, 1.82) is 0 Å². The Kier molecular flexibility index (Phi) is 10.3. The van der Waals surface area contributed by atoms with Gasteiger partial charge in [0.2, 0.25) is 5.91 Å². The average molecular weight is 510 g/mol. The summed E-state index contributed by atoms with van der Waals surface area (Å²) in [4.78, 5) is 33.7. The molecule has 2 aromatic rings. The predicted octanol–water partition coefficient (Wildman–Crippen LogP) is 5.00. The quantitative estimate of drug-likeness (QED) is 0.527. The van der Waals surface area contributed by atoms with Crippen molar-refractivity contribution in [1.82, 2.24) is 19.6 Å². The van der Waals surface area contributed by atoms with Crippen LogP contribution < -0.4 is 4.90 Å². The van der Waals surface area contributed by atoms with E-state index in [-0.39, 0.29) is 11.8 Å². The van der Waals surface area contributed by atoms with Gasteiger partial charge in [-0.25, -0.2) is 0 Å².